The van der Waals surface area contributed by atoms with Crippen molar-refractivity contribution in [2.75, 3.05) is 27.4 Å². The van der Waals surface area contributed by atoms with Crippen LogP contribution in [0.2, 0.25) is 0 Å². The van der Waals surface area contributed by atoms with E-state index in [9.17, 15) is 14.4 Å². The summed E-state index contributed by atoms with van der Waals surface area (Å²) in [5.41, 5.74) is -1.56. The highest BCUT2D eigenvalue weighted by Gasteiger charge is 2.63. The molecule has 0 aromatic heterocycles. The summed E-state index contributed by atoms with van der Waals surface area (Å²) in [6, 6.07) is 4.83. The van der Waals surface area contributed by atoms with Gasteiger partial charge in [0.2, 0.25) is 11.4 Å². The van der Waals surface area contributed by atoms with E-state index in [1.54, 1.807) is 32.0 Å². The quantitative estimate of drug-likeness (QED) is 0.435. The van der Waals surface area contributed by atoms with Gasteiger partial charge in [-0.3, -0.25) is 4.79 Å². The minimum absolute atomic E-state index is 0.0288. The molecule has 8 nitrogen and oxygen atoms in total. The highest BCUT2D eigenvalue weighted by molar-refractivity contribution is 6.16. The maximum absolute atomic E-state index is 12.8. The Labute approximate surface area is 157 Å². The lowest BCUT2D eigenvalue weighted by Crippen LogP contribution is -2.59. The molecule has 146 valence electrons. The molecule has 27 heavy (non-hydrogen) atoms. The van der Waals surface area contributed by atoms with E-state index in [2.05, 4.69) is 11.9 Å². The topological polar surface area (TPSA) is 100 Å². The lowest BCUT2D eigenvalue weighted by molar-refractivity contribution is -0.166. The van der Waals surface area contributed by atoms with Gasteiger partial charge in [-0.05, 0) is 31.5 Å². The molecule has 1 saturated heterocycles. The van der Waals surface area contributed by atoms with E-state index in [-0.39, 0.29) is 18.8 Å². The van der Waals surface area contributed by atoms with Crippen molar-refractivity contribution in [1.29, 1.82) is 0 Å². The van der Waals surface area contributed by atoms with E-state index < -0.39 is 29.3 Å². The Balaban J connectivity index is 2.67. The van der Waals surface area contributed by atoms with Crippen molar-refractivity contribution in [2.24, 2.45) is 0 Å². The number of esters is 2. The normalized spacial score (nSPS) is 17.9. The summed E-state index contributed by atoms with van der Waals surface area (Å²) in [6.07, 6.45) is 0. The standard InChI is InChI=1S/C19H23NO7/c1-6-26-17(22)19(18(23)27-7-2)15(11(3)16(21)20-19)12-8-9-13(24-4)14(10-12)25-5/h8-10,15H,3,6-7H2,1-2,4-5H3,(H,20,21). The van der Waals surface area contributed by atoms with E-state index in [1.807, 2.05) is 0 Å². The van der Waals surface area contributed by atoms with Crippen LogP contribution in [-0.2, 0) is 23.9 Å². The summed E-state index contributed by atoms with van der Waals surface area (Å²) in [5.74, 6) is -2.63. The molecule has 0 saturated carbocycles. The fraction of sp³-hybridized carbons (Fsp3) is 0.421. The molecule has 1 aromatic carbocycles. The molecule has 1 N–H and O–H groups in total. The molecule has 1 aromatic rings. The zero-order chi connectivity index (χ0) is 20.2. The van der Waals surface area contributed by atoms with Crippen molar-refractivity contribution in [2.45, 2.75) is 25.3 Å². The van der Waals surface area contributed by atoms with Gasteiger partial charge in [0.05, 0.1) is 33.4 Å². The van der Waals surface area contributed by atoms with Crippen LogP contribution in [0.25, 0.3) is 0 Å². The number of rotatable bonds is 7. The smallest absolute Gasteiger partial charge is 0.344 e. The number of ether oxygens (including phenoxy) is 4. The summed E-state index contributed by atoms with van der Waals surface area (Å²) in [7, 11) is 2.94. The first kappa shape index (κ1) is 20.3. The van der Waals surface area contributed by atoms with Gasteiger partial charge in [-0.2, -0.15) is 0 Å². The minimum Gasteiger partial charge on any atom is -0.493 e. The molecule has 1 atom stereocenters. The van der Waals surface area contributed by atoms with Crippen LogP contribution in [0.15, 0.2) is 30.4 Å². The minimum atomic E-state index is -2.06. The molecule has 0 bridgehead atoms. The van der Waals surface area contributed by atoms with Crippen LogP contribution in [0.5, 0.6) is 11.5 Å². The molecular formula is C19H23NO7. The molecule has 1 aliphatic heterocycles. The first-order chi connectivity index (χ1) is 12.9. The summed E-state index contributed by atoms with van der Waals surface area (Å²) in [6.45, 7) is 7.04. The predicted molar refractivity (Wildman–Crippen MR) is 95.6 cm³/mol. The summed E-state index contributed by atoms with van der Waals surface area (Å²) in [5, 5.41) is 2.44. The van der Waals surface area contributed by atoms with Gasteiger partial charge in [0.25, 0.3) is 0 Å². The highest BCUT2D eigenvalue weighted by atomic mass is 16.6. The van der Waals surface area contributed by atoms with Crippen molar-refractivity contribution >= 4 is 17.8 Å². The van der Waals surface area contributed by atoms with E-state index >= 15 is 0 Å². The van der Waals surface area contributed by atoms with Crippen LogP contribution in [0.3, 0.4) is 0 Å². The fourth-order valence-electron chi connectivity index (χ4n) is 3.12. The van der Waals surface area contributed by atoms with Crippen LogP contribution < -0.4 is 14.8 Å². The van der Waals surface area contributed by atoms with Crippen LogP contribution >= 0.6 is 0 Å². The van der Waals surface area contributed by atoms with Gasteiger partial charge in [0, 0.05) is 5.57 Å². The van der Waals surface area contributed by atoms with Crippen LogP contribution in [0, 0.1) is 0 Å². The van der Waals surface area contributed by atoms with Gasteiger partial charge in [-0.1, -0.05) is 12.6 Å². The Morgan fingerprint density at radius 1 is 1.07 bits per heavy atom. The lowest BCUT2D eigenvalue weighted by atomic mass is 9.78. The van der Waals surface area contributed by atoms with Gasteiger partial charge >= 0.3 is 11.9 Å². The van der Waals surface area contributed by atoms with Gasteiger partial charge < -0.3 is 24.3 Å². The molecule has 1 heterocycles. The molecule has 2 rings (SSSR count). The molecule has 1 fully saturated rings. The second-order valence-corrected chi connectivity index (χ2v) is 5.78. The number of amides is 1. The first-order valence-corrected chi connectivity index (χ1v) is 8.44. The molecule has 1 unspecified atom stereocenters. The second kappa shape index (κ2) is 8.11. The highest BCUT2D eigenvalue weighted by Crippen LogP contribution is 2.43. The second-order valence-electron chi connectivity index (χ2n) is 5.78. The van der Waals surface area contributed by atoms with Crippen LogP contribution in [0.1, 0.15) is 25.3 Å². The number of carbonyl (C=O) groups is 3. The monoisotopic (exact) mass is 377 g/mol. The third-order valence-electron chi connectivity index (χ3n) is 4.32. The first-order valence-electron chi connectivity index (χ1n) is 8.44. The van der Waals surface area contributed by atoms with E-state index in [0.29, 0.717) is 17.1 Å². The number of hydrogen-bond acceptors (Lipinski definition) is 7. The average molecular weight is 377 g/mol. The maximum Gasteiger partial charge on any atom is 0.344 e. The van der Waals surface area contributed by atoms with Gasteiger partial charge in [-0.25, -0.2) is 9.59 Å². The molecule has 8 heteroatoms. The van der Waals surface area contributed by atoms with Crippen molar-refractivity contribution in [1.82, 2.24) is 5.32 Å². The number of carbonyl (C=O) groups excluding carboxylic acids is 3. The summed E-state index contributed by atoms with van der Waals surface area (Å²) < 4.78 is 20.7. The Morgan fingerprint density at radius 3 is 2.11 bits per heavy atom. The zero-order valence-corrected chi connectivity index (χ0v) is 15.8. The fourth-order valence-corrected chi connectivity index (χ4v) is 3.12. The Morgan fingerprint density at radius 2 is 1.63 bits per heavy atom. The molecule has 0 spiro atoms. The number of hydrogen-bond donors (Lipinski definition) is 1. The van der Waals surface area contributed by atoms with Crippen LogP contribution in [-0.4, -0.2) is 50.8 Å². The predicted octanol–water partition coefficient (Wildman–Crippen LogP) is 1.34. The van der Waals surface area contributed by atoms with Crippen LogP contribution in [0.4, 0.5) is 0 Å². The van der Waals surface area contributed by atoms with Crippen molar-refractivity contribution < 1.29 is 33.3 Å². The zero-order valence-electron chi connectivity index (χ0n) is 15.8. The Kier molecular flexibility index (Phi) is 6.09. The average Bonchev–Trinajstić information content (AvgIpc) is 2.93. The third-order valence-corrected chi connectivity index (χ3v) is 4.32. The maximum atomic E-state index is 12.8. The molecule has 0 radical (unpaired) electrons. The van der Waals surface area contributed by atoms with Gasteiger partial charge in [-0.15, -0.1) is 0 Å². The number of methoxy groups -OCH3 is 2. The largest absolute Gasteiger partial charge is 0.493 e. The lowest BCUT2D eigenvalue weighted by Gasteiger charge is -2.30. The van der Waals surface area contributed by atoms with E-state index in [4.69, 9.17) is 18.9 Å². The molecule has 1 amide bonds. The van der Waals surface area contributed by atoms with Crippen molar-refractivity contribution in [3.63, 3.8) is 0 Å². The van der Waals surface area contributed by atoms with Crippen molar-refractivity contribution in [3.05, 3.63) is 35.9 Å². The molecule has 0 aliphatic carbocycles. The van der Waals surface area contributed by atoms with Gasteiger partial charge in [0.1, 0.15) is 0 Å². The Bertz CT molecular complexity index is 753. The Hall–Kier alpha value is -3.03. The number of nitrogens with one attached hydrogen (secondary N) is 1. The van der Waals surface area contributed by atoms with E-state index in [1.165, 1.54) is 14.2 Å². The third kappa shape index (κ3) is 3.34. The number of benzene rings is 1. The summed E-state index contributed by atoms with van der Waals surface area (Å²) in [4.78, 5) is 38.0. The molecular weight excluding hydrogens is 354 g/mol. The van der Waals surface area contributed by atoms with Gasteiger partial charge in [0.15, 0.2) is 11.5 Å². The van der Waals surface area contributed by atoms with Crippen molar-refractivity contribution in [3.8, 4) is 11.5 Å². The summed E-state index contributed by atoms with van der Waals surface area (Å²) >= 11 is 0. The SMILES string of the molecule is C=C1C(=O)NC(C(=O)OCC)(C(=O)OCC)C1c1ccc(OC)c(OC)c1. The van der Waals surface area contributed by atoms with E-state index in [0.717, 1.165) is 0 Å². The molecule has 1 aliphatic rings.